The lowest BCUT2D eigenvalue weighted by Crippen LogP contribution is -2.25. The van der Waals surface area contributed by atoms with Crippen LogP contribution in [0.2, 0.25) is 5.02 Å². The molecule has 0 fully saturated rings. The zero-order chi connectivity index (χ0) is 22.5. The zero-order valence-corrected chi connectivity index (χ0v) is 18.1. The number of carbonyl (C=O) groups excluding carboxylic acids is 2. The van der Waals surface area contributed by atoms with Crippen molar-refractivity contribution in [2.45, 2.75) is 13.5 Å². The van der Waals surface area contributed by atoms with Crippen LogP contribution >= 0.6 is 11.6 Å². The Balaban J connectivity index is 1.43. The molecule has 0 aromatic heterocycles. The summed E-state index contributed by atoms with van der Waals surface area (Å²) in [5.74, 6) is 0.741. The van der Waals surface area contributed by atoms with Crippen LogP contribution in [0.3, 0.4) is 0 Å². The molecule has 1 aliphatic rings. The number of nitrogens with one attached hydrogen (secondary N) is 2. The van der Waals surface area contributed by atoms with Gasteiger partial charge >= 0.3 is 0 Å². The summed E-state index contributed by atoms with van der Waals surface area (Å²) in [4.78, 5) is 25.0. The first-order chi connectivity index (χ1) is 15.5. The predicted octanol–water partition coefficient (Wildman–Crippen LogP) is 5.04. The summed E-state index contributed by atoms with van der Waals surface area (Å²) in [6.45, 7) is 2.90. The second kappa shape index (κ2) is 9.58. The molecule has 0 spiro atoms. The molecular weight excluding hydrogens is 428 g/mol. The van der Waals surface area contributed by atoms with Gasteiger partial charge in [-0.1, -0.05) is 35.9 Å². The fourth-order valence-electron chi connectivity index (χ4n) is 3.20. The van der Waals surface area contributed by atoms with Gasteiger partial charge in [0.25, 0.3) is 11.8 Å². The number of carbonyl (C=O) groups is 2. The van der Waals surface area contributed by atoms with E-state index in [0.717, 1.165) is 16.9 Å². The van der Waals surface area contributed by atoms with Crippen molar-refractivity contribution in [3.05, 3.63) is 94.2 Å². The third-order valence-electron chi connectivity index (χ3n) is 4.77. The summed E-state index contributed by atoms with van der Waals surface area (Å²) in [6.07, 6.45) is 1.61. The maximum absolute atomic E-state index is 12.6. The maximum atomic E-state index is 12.6. The Labute approximate surface area is 190 Å². The number of hydrogen-bond donors (Lipinski definition) is 2. The van der Waals surface area contributed by atoms with Gasteiger partial charge in [0.2, 0.25) is 0 Å². The molecule has 2 amide bonds. The molecule has 4 rings (SSSR count). The van der Waals surface area contributed by atoms with Gasteiger partial charge in [-0.2, -0.15) is 0 Å². The minimum absolute atomic E-state index is 0.146. The van der Waals surface area contributed by atoms with Crippen molar-refractivity contribution in [1.82, 2.24) is 5.32 Å². The summed E-state index contributed by atoms with van der Waals surface area (Å²) < 4.78 is 11.2. The monoisotopic (exact) mass is 448 g/mol. The number of halogens is 1. The first kappa shape index (κ1) is 21.5. The molecule has 7 heteroatoms. The van der Waals surface area contributed by atoms with E-state index in [1.807, 2.05) is 37.3 Å². The standard InChI is InChI=1S/C25H21ClN2O4/c1-2-31-20-9-6-16(7-10-20)15-27-24(29)18-8-11-22-21(14-18)28-25(30)23(32-22)13-17-4-3-5-19(26)12-17/h3-14H,2,15H2,1H3,(H,27,29)(H,28,30)/b23-13+. The molecule has 3 aromatic rings. The highest BCUT2D eigenvalue weighted by Crippen LogP contribution is 2.32. The van der Waals surface area contributed by atoms with E-state index in [9.17, 15) is 9.59 Å². The lowest BCUT2D eigenvalue weighted by Gasteiger charge is -2.20. The van der Waals surface area contributed by atoms with Crippen molar-refractivity contribution in [2.75, 3.05) is 11.9 Å². The van der Waals surface area contributed by atoms with Gasteiger partial charge < -0.3 is 20.1 Å². The highest BCUT2D eigenvalue weighted by atomic mass is 35.5. The quantitative estimate of drug-likeness (QED) is 0.518. The van der Waals surface area contributed by atoms with Crippen LogP contribution in [-0.2, 0) is 11.3 Å². The van der Waals surface area contributed by atoms with E-state index in [1.54, 1.807) is 42.5 Å². The van der Waals surface area contributed by atoms with Crippen LogP contribution < -0.4 is 20.1 Å². The molecule has 32 heavy (non-hydrogen) atoms. The van der Waals surface area contributed by atoms with Gasteiger partial charge in [0, 0.05) is 17.1 Å². The van der Waals surface area contributed by atoms with Crippen LogP contribution in [0.25, 0.3) is 6.08 Å². The van der Waals surface area contributed by atoms with Crippen molar-refractivity contribution in [2.24, 2.45) is 0 Å². The van der Waals surface area contributed by atoms with E-state index >= 15 is 0 Å². The Kier molecular flexibility index (Phi) is 6.42. The molecule has 2 N–H and O–H groups in total. The van der Waals surface area contributed by atoms with Gasteiger partial charge in [0.15, 0.2) is 11.5 Å². The Hall–Kier alpha value is -3.77. The Morgan fingerprint density at radius 2 is 1.94 bits per heavy atom. The average Bonchev–Trinajstić information content (AvgIpc) is 2.79. The Bertz CT molecular complexity index is 1190. The van der Waals surface area contributed by atoms with E-state index in [-0.39, 0.29) is 11.7 Å². The molecule has 0 bridgehead atoms. The number of ether oxygens (including phenoxy) is 2. The van der Waals surface area contributed by atoms with E-state index < -0.39 is 5.91 Å². The summed E-state index contributed by atoms with van der Waals surface area (Å²) >= 11 is 6.00. The van der Waals surface area contributed by atoms with Gasteiger partial charge in [-0.05, 0) is 66.6 Å². The van der Waals surface area contributed by atoms with Crippen LogP contribution in [0.4, 0.5) is 5.69 Å². The first-order valence-electron chi connectivity index (χ1n) is 10.1. The molecule has 0 saturated carbocycles. The fourth-order valence-corrected chi connectivity index (χ4v) is 3.40. The number of hydrogen-bond acceptors (Lipinski definition) is 4. The van der Waals surface area contributed by atoms with Gasteiger partial charge in [-0.3, -0.25) is 9.59 Å². The zero-order valence-electron chi connectivity index (χ0n) is 17.4. The number of fused-ring (bicyclic) bond motifs is 1. The minimum atomic E-state index is -0.399. The fraction of sp³-hybridized carbons (Fsp3) is 0.120. The third-order valence-corrected chi connectivity index (χ3v) is 5.00. The topological polar surface area (TPSA) is 76.7 Å². The molecule has 3 aromatic carbocycles. The molecule has 162 valence electrons. The molecule has 0 saturated heterocycles. The van der Waals surface area contributed by atoms with E-state index in [1.165, 1.54) is 0 Å². The molecule has 0 unspecified atom stereocenters. The van der Waals surface area contributed by atoms with Crippen molar-refractivity contribution >= 4 is 35.2 Å². The van der Waals surface area contributed by atoms with Gasteiger partial charge in [0.05, 0.1) is 12.3 Å². The van der Waals surface area contributed by atoms with Crippen molar-refractivity contribution in [1.29, 1.82) is 0 Å². The molecular formula is C25H21ClN2O4. The normalized spacial score (nSPS) is 13.7. The smallest absolute Gasteiger partial charge is 0.291 e. The van der Waals surface area contributed by atoms with Crippen LogP contribution in [-0.4, -0.2) is 18.4 Å². The summed E-state index contributed by atoms with van der Waals surface area (Å²) in [7, 11) is 0. The average molecular weight is 449 g/mol. The van der Waals surface area contributed by atoms with Crippen LogP contribution in [0, 0.1) is 0 Å². The van der Waals surface area contributed by atoms with E-state index in [0.29, 0.717) is 35.2 Å². The summed E-state index contributed by atoms with van der Waals surface area (Å²) in [6, 6.07) is 19.5. The number of amides is 2. The van der Waals surface area contributed by atoms with E-state index in [4.69, 9.17) is 21.1 Å². The largest absolute Gasteiger partial charge is 0.494 e. The van der Waals surface area contributed by atoms with Crippen LogP contribution in [0.1, 0.15) is 28.4 Å². The second-order valence-electron chi connectivity index (χ2n) is 7.09. The predicted molar refractivity (Wildman–Crippen MR) is 124 cm³/mol. The molecule has 6 nitrogen and oxygen atoms in total. The van der Waals surface area contributed by atoms with Crippen LogP contribution in [0.15, 0.2) is 72.5 Å². The highest BCUT2D eigenvalue weighted by Gasteiger charge is 2.23. The van der Waals surface area contributed by atoms with Crippen LogP contribution in [0.5, 0.6) is 11.5 Å². The third kappa shape index (κ3) is 5.10. The van der Waals surface area contributed by atoms with Gasteiger partial charge in [0.1, 0.15) is 5.75 Å². The lowest BCUT2D eigenvalue weighted by atomic mass is 10.1. The molecule has 1 aliphatic heterocycles. The summed E-state index contributed by atoms with van der Waals surface area (Å²) in [5, 5.41) is 6.21. The number of anilines is 1. The van der Waals surface area contributed by atoms with Gasteiger partial charge in [-0.15, -0.1) is 0 Å². The lowest BCUT2D eigenvalue weighted by molar-refractivity contribution is -0.115. The minimum Gasteiger partial charge on any atom is -0.494 e. The molecule has 0 atom stereocenters. The van der Waals surface area contributed by atoms with Crippen molar-refractivity contribution < 1.29 is 19.1 Å². The van der Waals surface area contributed by atoms with Gasteiger partial charge in [-0.25, -0.2) is 0 Å². The summed E-state index contributed by atoms with van der Waals surface area (Å²) in [5.41, 5.74) is 2.55. The second-order valence-corrected chi connectivity index (χ2v) is 7.53. The molecule has 0 aliphatic carbocycles. The van der Waals surface area contributed by atoms with E-state index in [2.05, 4.69) is 10.6 Å². The first-order valence-corrected chi connectivity index (χ1v) is 10.5. The molecule has 0 radical (unpaired) electrons. The maximum Gasteiger partial charge on any atom is 0.291 e. The highest BCUT2D eigenvalue weighted by molar-refractivity contribution is 6.30. The SMILES string of the molecule is CCOc1ccc(CNC(=O)c2ccc3c(c2)NC(=O)/C(=C\c2cccc(Cl)c2)O3)cc1. The Morgan fingerprint density at radius 1 is 1.12 bits per heavy atom. The Morgan fingerprint density at radius 3 is 2.69 bits per heavy atom. The van der Waals surface area contributed by atoms with Crippen molar-refractivity contribution in [3.8, 4) is 11.5 Å². The number of benzene rings is 3. The van der Waals surface area contributed by atoms with Crippen molar-refractivity contribution in [3.63, 3.8) is 0 Å². The molecule has 1 heterocycles. The number of rotatable bonds is 6.